The molecule has 1 heterocycles. The standard InChI is InChI=1S/C18H25N3O2/c1-3-4-11-20(13-14-23-2)18(22)15-16-6-8-17(9-7-16)21-12-5-10-19-21/h5-10,12H,3-4,11,13-15H2,1-2H3. The summed E-state index contributed by atoms with van der Waals surface area (Å²) in [5, 5.41) is 4.20. The molecule has 1 aromatic carbocycles. The quantitative estimate of drug-likeness (QED) is 0.715. The Balaban J connectivity index is 1.96. The molecular formula is C18H25N3O2. The number of aromatic nitrogens is 2. The molecule has 0 aliphatic carbocycles. The molecule has 124 valence electrons. The average molecular weight is 315 g/mol. The minimum Gasteiger partial charge on any atom is -0.383 e. The Labute approximate surface area is 137 Å². The molecule has 0 spiro atoms. The summed E-state index contributed by atoms with van der Waals surface area (Å²) in [7, 11) is 1.66. The van der Waals surface area contributed by atoms with Crippen molar-refractivity contribution in [1.82, 2.24) is 14.7 Å². The summed E-state index contributed by atoms with van der Waals surface area (Å²) in [5.41, 5.74) is 2.01. The molecule has 5 nitrogen and oxygen atoms in total. The maximum absolute atomic E-state index is 12.5. The maximum Gasteiger partial charge on any atom is 0.227 e. The van der Waals surface area contributed by atoms with Gasteiger partial charge in [0.15, 0.2) is 0 Å². The SMILES string of the molecule is CCCCN(CCOC)C(=O)Cc1ccc(-n2cccn2)cc1. The van der Waals surface area contributed by atoms with Crippen molar-refractivity contribution in [2.75, 3.05) is 26.8 Å². The predicted octanol–water partition coefficient (Wildman–Crippen LogP) is 2.69. The van der Waals surface area contributed by atoms with Crippen molar-refractivity contribution < 1.29 is 9.53 Å². The van der Waals surface area contributed by atoms with Gasteiger partial charge >= 0.3 is 0 Å². The molecule has 2 aromatic rings. The molecule has 0 N–H and O–H groups in total. The first kappa shape index (κ1) is 17.2. The second kappa shape index (κ2) is 9.10. The Kier molecular flexibility index (Phi) is 6.81. The van der Waals surface area contributed by atoms with Crippen molar-refractivity contribution in [3.63, 3.8) is 0 Å². The van der Waals surface area contributed by atoms with Gasteiger partial charge < -0.3 is 9.64 Å². The van der Waals surface area contributed by atoms with Gasteiger partial charge in [-0.3, -0.25) is 4.79 Å². The third kappa shape index (κ3) is 5.21. The van der Waals surface area contributed by atoms with Crippen LogP contribution in [-0.4, -0.2) is 47.4 Å². The Morgan fingerprint density at radius 3 is 2.65 bits per heavy atom. The van der Waals surface area contributed by atoms with E-state index in [0.717, 1.165) is 30.6 Å². The van der Waals surface area contributed by atoms with Crippen molar-refractivity contribution in [3.05, 3.63) is 48.3 Å². The van der Waals surface area contributed by atoms with E-state index in [4.69, 9.17) is 4.74 Å². The number of benzene rings is 1. The van der Waals surface area contributed by atoms with Crippen LogP contribution in [0.25, 0.3) is 5.69 Å². The van der Waals surface area contributed by atoms with Gasteiger partial charge in [-0.1, -0.05) is 25.5 Å². The lowest BCUT2D eigenvalue weighted by molar-refractivity contribution is -0.131. The highest BCUT2D eigenvalue weighted by atomic mass is 16.5. The summed E-state index contributed by atoms with van der Waals surface area (Å²) in [6.07, 6.45) is 6.17. The van der Waals surface area contributed by atoms with Crippen molar-refractivity contribution in [1.29, 1.82) is 0 Å². The fourth-order valence-corrected chi connectivity index (χ4v) is 2.39. The van der Waals surface area contributed by atoms with Gasteiger partial charge in [-0.25, -0.2) is 4.68 Å². The molecule has 2 rings (SSSR count). The van der Waals surface area contributed by atoms with Crippen LogP contribution in [0.5, 0.6) is 0 Å². The van der Waals surface area contributed by atoms with Crippen LogP contribution in [0.3, 0.4) is 0 Å². The molecular weight excluding hydrogens is 290 g/mol. The van der Waals surface area contributed by atoms with Gasteiger partial charge in [0, 0.05) is 32.6 Å². The van der Waals surface area contributed by atoms with E-state index in [-0.39, 0.29) is 5.91 Å². The van der Waals surface area contributed by atoms with E-state index in [9.17, 15) is 4.79 Å². The molecule has 5 heteroatoms. The smallest absolute Gasteiger partial charge is 0.227 e. The third-order valence-corrected chi connectivity index (χ3v) is 3.76. The monoisotopic (exact) mass is 315 g/mol. The van der Waals surface area contributed by atoms with E-state index >= 15 is 0 Å². The van der Waals surface area contributed by atoms with Crippen molar-refractivity contribution in [3.8, 4) is 5.69 Å². The molecule has 0 bridgehead atoms. The predicted molar refractivity (Wildman–Crippen MR) is 90.6 cm³/mol. The summed E-state index contributed by atoms with van der Waals surface area (Å²) in [4.78, 5) is 14.4. The van der Waals surface area contributed by atoms with Crippen molar-refractivity contribution in [2.45, 2.75) is 26.2 Å². The van der Waals surface area contributed by atoms with Gasteiger partial charge in [0.2, 0.25) is 5.91 Å². The summed E-state index contributed by atoms with van der Waals surface area (Å²) in [6, 6.07) is 9.84. The first-order valence-electron chi connectivity index (χ1n) is 8.10. The van der Waals surface area contributed by atoms with E-state index in [1.54, 1.807) is 18.0 Å². The Morgan fingerprint density at radius 2 is 2.04 bits per heavy atom. The fraction of sp³-hybridized carbons (Fsp3) is 0.444. The van der Waals surface area contributed by atoms with Gasteiger partial charge in [-0.2, -0.15) is 5.10 Å². The first-order valence-corrected chi connectivity index (χ1v) is 8.10. The number of nitrogens with zero attached hydrogens (tertiary/aromatic N) is 3. The molecule has 0 atom stereocenters. The number of carbonyl (C=O) groups is 1. The summed E-state index contributed by atoms with van der Waals surface area (Å²) < 4.78 is 6.91. The number of rotatable bonds is 9. The highest BCUT2D eigenvalue weighted by molar-refractivity contribution is 5.78. The Morgan fingerprint density at radius 1 is 1.26 bits per heavy atom. The maximum atomic E-state index is 12.5. The van der Waals surface area contributed by atoms with Crippen LogP contribution in [0.2, 0.25) is 0 Å². The molecule has 0 fully saturated rings. The van der Waals surface area contributed by atoms with E-state index in [0.29, 0.717) is 19.6 Å². The van der Waals surface area contributed by atoms with Crippen LogP contribution < -0.4 is 0 Å². The fourth-order valence-electron chi connectivity index (χ4n) is 2.39. The zero-order chi connectivity index (χ0) is 16.5. The normalized spacial score (nSPS) is 10.7. The number of carbonyl (C=O) groups excluding carboxylic acids is 1. The molecule has 0 radical (unpaired) electrons. The van der Waals surface area contributed by atoms with Crippen LogP contribution in [0.1, 0.15) is 25.3 Å². The topological polar surface area (TPSA) is 47.4 Å². The van der Waals surface area contributed by atoms with Crippen LogP contribution in [0.15, 0.2) is 42.7 Å². The zero-order valence-electron chi connectivity index (χ0n) is 13.9. The molecule has 0 unspecified atom stereocenters. The second-order valence-corrected chi connectivity index (χ2v) is 5.52. The summed E-state index contributed by atoms with van der Waals surface area (Å²) in [6.45, 7) is 4.16. The molecule has 0 aliphatic rings. The largest absolute Gasteiger partial charge is 0.383 e. The molecule has 0 saturated carbocycles. The van der Waals surface area contributed by atoms with Crippen molar-refractivity contribution in [2.24, 2.45) is 0 Å². The lowest BCUT2D eigenvalue weighted by atomic mass is 10.1. The van der Waals surface area contributed by atoms with Gasteiger partial charge in [-0.05, 0) is 30.2 Å². The molecule has 0 aliphatic heterocycles. The second-order valence-electron chi connectivity index (χ2n) is 5.52. The third-order valence-electron chi connectivity index (χ3n) is 3.76. The lowest BCUT2D eigenvalue weighted by Crippen LogP contribution is -2.35. The summed E-state index contributed by atoms with van der Waals surface area (Å²) in [5.74, 6) is 0.155. The first-order chi connectivity index (χ1) is 11.2. The average Bonchev–Trinajstić information content (AvgIpc) is 3.10. The number of ether oxygens (including phenoxy) is 1. The van der Waals surface area contributed by atoms with Gasteiger partial charge in [0.05, 0.1) is 18.7 Å². The van der Waals surface area contributed by atoms with E-state index in [1.807, 2.05) is 41.4 Å². The van der Waals surface area contributed by atoms with Crippen LogP contribution in [0, 0.1) is 0 Å². The van der Waals surface area contributed by atoms with Gasteiger partial charge in [-0.15, -0.1) is 0 Å². The lowest BCUT2D eigenvalue weighted by Gasteiger charge is -2.22. The van der Waals surface area contributed by atoms with E-state index in [1.165, 1.54) is 0 Å². The highest BCUT2D eigenvalue weighted by Crippen LogP contribution is 2.10. The molecule has 0 saturated heterocycles. The zero-order valence-corrected chi connectivity index (χ0v) is 13.9. The minimum atomic E-state index is 0.155. The van der Waals surface area contributed by atoms with E-state index < -0.39 is 0 Å². The molecule has 1 aromatic heterocycles. The number of methoxy groups -OCH3 is 1. The number of unbranched alkanes of at least 4 members (excludes halogenated alkanes) is 1. The molecule has 23 heavy (non-hydrogen) atoms. The van der Waals surface area contributed by atoms with E-state index in [2.05, 4.69) is 12.0 Å². The number of hydrogen-bond donors (Lipinski definition) is 0. The highest BCUT2D eigenvalue weighted by Gasteiger charge is 2.13. The minimum absolute atomic E-state index is 0.155. The van der Waals surface area contributed by atoms with Gasteiger partial charge in [0.1, 0.15) is 0 Å². The van der Waals surface area contributed by atoms with Crippen molar-refractivity contribution >= 4 is 5.91 Å². The number of amides is 1. The van der Waals surface area contributed by atoms with Crippen LogP contribution >= 0.6 is 0 Å². The van der Waals surface area contributed by atoms with Crippen LogP contribution in [0.4, 0.5) is 0 Å². The molecule has 1 amide bonds. The Hall–Kier alpha value is -2.14. The number of hydrogen-bond acceptors (Lipinski definition) is 3. The van der Waals surface area contributed by atoms with Gasteiger partial charge in [0.25, 0.3) is 0 Å². The summed E-state index contributed by atoms with van der Waals surface area (Å²) >= 11 is 0. The van der Waals surface area contributed by atoms with Crippen LogP contribution in [-0.2, 0) is 16.0 Å². The Bertz CT molecular complexity index is 571.